The smallest absolute Gasteiger partial charge is 0.244 e. The van der Waals surface area contributed by atoms with Crippen LogP contribution >= 0.6 is 0 Å². The number of rotatable bonds is 4. The highest BCUT2D eigenvalue weighted by Gasteiger charge is 2.39. The number of hydrogen-bond acceptors (Lipinski definition) is 6. The van der Waals surface area contributed by atoms with Crippen LogP contribution in [0.4, 0.5) is 0 Å². The average molecular weight is 367 g/mol. The molecule has 1 unspecified atom stereocenters. The van der Waals surface area contributed by atoms with Gasteiger partial charge in [-0.15, -0.1) is 0 Å². The quantitative estimate of drug-likeness (QED) is 0.804. The summed E-state index contributed by atoms with van der Waals surface area (Å²) in [5.41, 5.74) is 0.00513. The first-order valence-corrected chi connectivity index (χ1v) is 9.81. The Hall–Kier alpha value is -2.22. The number of amides is 1. The number of carbonyl (C=O) groups is 1. The van der Waals surface area contributed by atoms with E-state index >= 15 is 0 Å². The van der Waals surface area contributed by atoms with Gasteiger partial charge < -0.3 is 19.5 Å². The zero-order valence-corrected chi connectivity index (χ0v) is 15.0. The second-order valence-corrected chi connectivity index (χ2v) is 8.66. The van der Waals surface area contributed by atoms with Crippen molar-refractivity contribution in [2.75, 3.05) is 31.8 Å². The van der Waals surface area contributed by atoms with Crippen molar-refractivity contribution < 1.29 is 27.4 Å². The van der Waals surface area contributed by atoms with Gasteiger partial charge in [0.2, 0.25) is 11.7 Å². The highest BCUT2D eigenvalue weighted by molar-refractivity contribution is 7.91. The second-order valence-electron chi connectivity index (χ2n) is 6.47. The summed E-state index contributed by atoms with van der Waals surface area (Å²) in [5.74, 6) is 1.39. The minimum absolute atomic E-state index is 0.0303. The van der Waals surface area contributed by atoms with Crippen LogP contribution in [0.1, 0.15) is 18.9 Å². The summed E-state index contributed by atoms with van der Waals surface area (Å²) in [6.45, 7) is 2.66. The standard InChI is InChI=1S/C17H21NO6S/c1-17(5-8-25(20,21)11-17)18-15(19)4-3-12-9-13(22-2)16-14(10-12)23-6-7-24-16/h3-4,9-10H,5-8,11H2,1-2H3,(H,18,19)/b4-3+. The highest BCUT2D eigenvalue weighted by atomic mass is 32.2. The summed E-state index contributed by atoms with van der Waals surface area (Å²) in [5, 5.41) is 2.78. The molecular weight excluding hydrogens is 346 g/mol. The predicted molar refractivity (Wildman–Crippen MR) is 92.8 cm³/mol. The number of sulfone groups is 1. The number of ether oxygens (including phenoxy) is 3. The lowest BCUT2D eigenvalue weighted by Crippen LogP contribution is -2.46. The number of carbonyl (C=O) groups excluding carboxylic acids is 1. The van der Waals surface area contributed by atoms with Gasteiger partial charge in [-0.25, -0.2) is 8.42 Å². The van der Waals surface area contributed by atoms with Gasteiger partial charge in [0.15, 0.2) is 21.3 Å². The molecule has 8 heteroatoms. The zero-order chi connectivity index (χ0) is 18.1. The van der Waals surface area contributed by atoms with E-state index in [1.54, 1.807) is 25.1 Å². The highest BCUT2D eigenvalue weighted by Crippen LogP contribution is 2.40. The molecule has 7 nitrogen and oxygen atoms in total. The minimum Gasteiger partial charge on any atom is -0.493 e. The van der Waals surface area contributed by atoms with E-state index in [9.17, 15) is 13.2 Å². The van der Waals surface area contributed by atoms with E-state index in [2.05, 4.69) is 5.32 Å². The first-order valence-electron chi connectivity index (χ1n) is 7.99. The van der Waals surface area contributed by atoms with Crippen LogP contribution in [-0.4, -0.2) is 51.7 Å². The largest absolute Gasteiger partial charge is 0.493 e. The van der Waals surface area contributed by atoms with Gasteiger partial charge in [0.25, 0.3) is 0 Å². The normalized spacial score (nSPS) is 24.2. The Morgan fingerprint density at radius 1 is 1.32 bits per heavy atom. The van der Waals surface area contributed by atoms with Gasteiger partial charge in [0, 0.05) is 6.08 Å². The topological polar surface area (TPSA) is 90.9 Å². The Morgan fingerprint density at radius 2 is 2.08 bits per heavy atom. The molecular formula is C17H21NO6S. The molecule has 1 aromatic carbocycles. The van der Waals surface area contributed by atoms with Gasteiger partial charge >= 0.3 is 0 Å². The molecule has 1 N–H and O–H groups in total. The van der Waals surface area contributed by atoms with Crippen LogP contribution in [0.3, 0.4) is 0 Å². The molecule has 0 saturated carbocycles. The van der Waals surface area contributed by atoms with Gasteiger partial charge in [0.1, 0.15) is 13.2 Å². The molecule has 2 heterocycles. The third-order valence-corrected chi connectivity index (χ3v) is 6.11. The Morgan fingerprint density at radius 3 is 2.76 bits per heavy atom. The summed E-state index contributed by atoms with van der Waals surface area (Å²) in [7, 11) is -1.53. The lowest BCUT2D eigenvalue weighted by molar-refractivity contribution is -0.117. The number of benzene rings is 1. The fourth-order valence-electron chi connectivity index (χ4n) is 3.01. The summed E-state index contributed by atoms with van der Waals surface area (Å²) >= 11 is 0. The number of methoxy groups -OCH3 is 1. The molecule has 2 aliphatic heterocycles. The summed E-state index contributed by atoms with van der Waals surface area (Å²) in [4.78, 5) is 12.2. The first kappa shape index (κ1) is 17.6. The maximum Gasteiger partial charge on any atom is 0.244 e. The SMILES string of the molecule is COc1cc(/C=C/C(=O)NC2(C)CCS(=O)(=O)C2)cc2c1OCCO2. The molecule has 1 atom stereocenters. The van der Waals surface area contributed by atoms with E-state index in [4.69, 9.17) is 14.2 Å². The van der Waals surface area contributed by atoms with E-state index in [0.717, 1.165) is 5.56 Å². The molecule has 25 heavy (non-hydrogen) atoms. The predicted octanol–water partition coefficient (Wildman–Crippen LogP) is 1.17. The van der Waals surface area contributed by atoms with Crippen molar-refractivity contribution in [3.8, 4) is 17.2 Å². The van der Waals surface area contributed by atoms with Gasteiger partial charge in [-0.3, -0.25) is 4.79 Å². The van der Waals surface area contributed by atoms with Crippen LogP contribution < -0.4 is 19.5 Å². The van der Waals surface area contributed by atoms with Crippen LogP contribution in [0.2, 0.25) is 0 Å². The van der Waals surface area contributed by atoms with E-state index in [1.165, 1.54) is 13.2 Å². The van der Waals surface area contributed by atoms with Crippen LogP contribution in [0, 0.1) is 0 Å². The van der Waals surface area contributed by atoms with Gasteiger partial charge in [-0.05, 0) is 37.1 Å². The minimum atomic E-state index is -3.07. The van der Waals surface area contributed by atoms with Crippen molar-refractivity contribution in [1.29, 1.82) is 0 Å². The molecule has 0 aliphatic carbocycles. The molecule has 1 aromatic rings. The number of hydrogen-bond donors (Lipinski definition) is 1. The molecule has 0 bridgehead atoms. The van der Waals surface area contributed by atoms with Gasteiger partial charge in [0.05, 0.1) is 24.2 Å². The van der Waals surface area contributed by atoms with Crippen molar-refractivity contribution in [2.45, 2.75) is 18.9 Å². The van der Waals surface area contributed by atoms with E-state index < -0.39 is 15.4 Å². The molecule has 0 radical (unpaired) electrons. The van der Waals surface area contributed by atoms with E-state index in [0.29, 0.717) is 36.9 Å². The molecule has 3 rings (SSSR count). The third-order valence-electron chi connectivity index (χ3n) is 4.21. The Kier molecular flexibility index (Phi) is 4.64. The fraction of sp³-hybridized carbons (Fsp3) is 0.471. The Labute approximate surface area is 146 Å². The van der Waals surface area contributed by atoms with E-state index in [-0.39, 0.29) is 17.4 Å². The van der Waals surface area contributed by atoms with Crippen LogP contribution in [-0.2, 0) is 14.6 Å². The van der Waals surface area contributed by atoms with Crippen LogP contribution in [0.5, 0.6) is 17.2 Å². The monoisotopic (exact) mass is 367 g/mol. The summed E-state index contributed by atoms with van der Waals surface area (Å²) in [6, 6.07) is 3.52. The van der Waals surface area contributed by atoms with Gasteiger partial charge in [-0.2, -0.15) is 0 Å². The second kappa shape index (κ2) is 6.59. The first-order chi connectivity index (χ1) is 11.8. The Balaban J connectivity index is 1.72. The van der Waals surface area contributed by atoms with Crippen molar-refractivity contribution in [2.24, 2.45) is 0 Å². The van der Waals surface area contributed by atoms with Crippen molar-refractivity contribution in [1.82, 2.24) is 5.32 Å². The zero-order valence-electron chi connectivity index (χ0n) is 14.2. The fourth-order valence-corrected chi connectivity index (χ4v) is 5.10. The Bertz CT molecular complexity index is 799. The maximum absolute atomic E-state index is 12.2. The lowest BCUT2D eigenvalue weighted by atomic mass is 10.0. The molecule has 2 aliphatic rings. The average Bonchev–Trinajstić information content (AvgIpc) is 2.85. The molecule has 0 spiro atoms. The molecule has 136 valence electrons. The molecule has 1 saturated heterocycles. The van der Waals surface area contributed by atoms with Crippen molar-refractivity contribution in [3.05, 3.63) is 23.8 Å². The molecule has 1 amide bonds. The number of nitrogens with one attached hydrogen (secondary N) is 1. The third kappa shape index (κ3) is 4.07. The molecule has 0 aromatic heterocycles. The maximum atomic E-state index is 12.2. The van der Waals surface area contributed by atoms with Crippen molar-refractivity contribution >= 4 is 21.8 Å². The number of fused-ring (bicyclic) bond motifs is 1. The summed E-state index contributed by atoms with van der Waals surface area (Å²) < 4.78 is 39.6. The molecule has 1 fully saturated rings. The lowest BCUT2D eigenvalue weighted by Gasteiger charge is -2.23. The summed E-state index contributed by atoms with van der Waals surface area (Å²) in [6.07, 6.45) is 3.43. The van der Waals surface area contributed by atoms with Crippen LogP contribution in [0.25, 0.3) is 6.08 Å². The van der Waals surface area contributed by atoms with Crippen molar-refractivity contribution in [3.63, 3.8) is 0 Å². The van der Waals surface area contributed by atoms with Crippen LogP contribution in [0.15, 0.2) is 18.2 Å². The van der Waals surface area contributed by atoms with Gasteiger partial charge in [-0.1, -0.05) is 0 Å². The van der Waals surface area contributed by atoms with E-state index in [1.807, 2.05) is 0 Å².